The van der Waals surface area contributed by atoms with Crippen molar-refractivity contribution in [1.29, 1.82) is 0 Å². The van der Waals surface area contributed by atoms with E-state index in [-0.39, 0.29) is 11.5 Å². The van der Waals surface area contributed by atoms with Gasteiger partial charge in [-0.1, -0.05) is 17.3 Å². The van der Waals surface area contributed by atoms with Crippen molar-refractivity contribution in [3.63, 3.8) is 0 Å². The molecule has 0 unspecified atom stereocenters. The lowest BCUT2D eigenvalue weighted by atomic mass is 10.2. The molecule has 0 aliphatic rings. The molecule has 2 aromatic carbocycles. The van der Waals surface area contributed by atoms with Crippen LogP contribution < -0.4 is 10.1 Å². The van der Waals surface area contributed by atoms with E-state index in [1.165, 1.54) is 18.2 Å². The van der Waals surface area contributed by atoms with Crippen LogP contribution in [0.2, 0.25) is 0 Å². The molecule has 0 radical (unpaired) electrons. The maximum absolute atomic E-state index is 13.7. The minimum absolute atomic E-state index is 0.0377. The van der Waals surface area contributed by atoms with Crippen molar-refractivity contribution >= 4 is 5.91 Å². The van der Waals surface area contributed by atoms with Crippen LogP contribution in [0.25, 0.3) is 11.4 Å². The Kier molecular flexibility index (Phi) is 4.74. The van der Waals surface area contributed by atoms with Crippen molar-refractivity contribution in [3.05, 3.63) is 65.8 Å². The minimum Gasteiger partial charge on any atom is -0.497 e. The smallest absolute Gasteiger partial charge is 0.254 e. The molecule has 1 amide bonds. The molecule has 0 spiro atoms. The van der Waals surface area contributed by atoms with E-state index in [2.05, 4.69) is 15.5 Å². The Labute approximate surface area is 143 Å². The molecular weight excluding hydrogens is 325 g/mol. The highest BCUT2D eigenvalue weighted by atomic mass is 19.1. The number of amides is 1. The first-order valence-corrected chi connectivity index (χ1v) is 7.62. The molecule has 0 bridgehead atoms. The molecule has 3 aromatic rings. The third-order valence-electron chi connectivity index (χ3n) is 3.63. The number of carbonyl (C=O) groups is 1. The quantitative estimate of drug-likeness (QED) is 0.770. The van der Waals surface area contributed by atoms with E-state index in [0.29, 0.717) is 5.82 Å². The highest BCUT2D eigenvalue weighted by Gasteiger charge is 2.19. The van der Waals surface area contributed by atoms with Gasteiger partial charge in [-0.2, -0.15) is 4.98 Å². The summed E-state index contributed by atoms with van der Waals surface area (Å²) in [6.45, 7) is 1.68. The van der Waals surface area contributed by atoms with Crippen molar-refractivity contribution < 1.29 is 18.4 Å². The summed E-state index contributed by atoms with van der Waals surface area (Å²) in [5.41, 5.74) is 0.715. The van der Waals surface area contributed by atoms with Gasteiger partial charge in [0.05, 0.1) is 12.7 Å². The number of ether oxygens (including phenoxy) is 1. The second-order valence-corrected chi connectivity index (χ2v) is 5.36. The van der Waals surface area contributed by atoms with Gasteiger partial charge in [0.1, 0.15) is 17.6 Å². The number of aromatic nitrogens is 2. The van der Waals surface area contributed by atoms with Crippen LogP contribution >= 0.6 is 0 Å². The molecule has 3 rings (SSSR count). The Balaban J connectivity index is 1.73. The van der Waals surface area contributed by atoms with Crippen LogP contribution in [0.3, 0.4) is 0 Å². The molecule has 7 heteroatoms. The first kappa shape index (κ1) is 16.6. The first-order valence-electron chi connectivity index (χ1n) is 7.62. The number of nitrogens with zero attached hydrogens (tertiary/aromatic N) is 2. The van der Waals surface area contributed by atoms with Gasteiger partial charge >= 0.3 is 0 Å². The van der Waals surface area contributed by atoms with E-state index in [1.807, 2.05) is 0 Å². The summed E-state index contributed by atoms with van der Waals surface area (Å²) in [7, 11) is 1.58. The molecule has 0 aliphatic carbocycles. The van der Waals surface area contributed by atoms with Crippen LogP contribution in [0.4, 0.5) is 4.39 Å². The van der Waals surface area contributed by atoms with Gasteiger partial charge in [0, 0.05) is 5.56 Å². The first-order chi connectivity index (χ1) is 12.1. The minimum atomic E-state index is -0.586. The molecule has 128 valence electrons. The molecule has 1 heterocycles. The molecule has 1 N–H and O–H groups in total. The standard InChI is InChI=1S/C18H16FN3O3/c1-11(20-17(23)14-5-3-4-6-15(14)19)18-21-16(22-25-18)12-7-9-13(24-2)10-8-12/h3-11H,1-2H3,(H,20,23)/t11-/m0/s1. The van der Waals surface area contributed by atoms with Gasteiger partial charge < -0.3 is 14.6 Å². The summed E-state index contributed by atoms with van der Waals surface area (Å²) >= 11 is 0. The Morgan fingerprint density at radius 3 is 2.60 bits per heavy atom. The fourth-order valence-electron chi connectivity index (χ4n) is 2.25. The van der Waals surface area contributed by atoms with E-state index in [0.717, 1.165) is 11.3 Å². The fourth-order valence-corrected chi connectivity index (χ4v) is 2.25. The Morgan fingerprint density at radius 1 is 1.20 bits per heavy atom. The van der Waals surface area contributed by atoms with Gasteiger partial charge in [-0.15, -0.1) is 0 Å². The normalized spacial score (nSPS) is 11.8. The van der Waals surface area contributed by atoms with Crippen LogP contribution in [0.15, 0.2) is 53.1 Å². The second kappa shape index (κ2) is 7.12. The summed E-state index contributed by atoms with van der Waals surface area (Å²) in [5, 5.41) is 6.55. The van der Waals surface area contributed by atoms with Crippen LogP contribution in [0.5, 0.6) is 5.75 Å². The number of hydrogen-bond donors (Lipinski definition) is 1. The van der Waals surface area contributed by atoms with Gasteiger partial charge in [0.15, 0.2) is 0 Å². The monoisotopic (exact) mass is 341 g/mol. The van der Waals surface area contributed by atoms with Crippen LogP contribution in [-0.4, -0.2) is 23.2 Å². The summed E-state index contributed by atoms with van der Waals surface area (Å²) in [5.74, 6) is 0.213. The zero-order valence-corrected chi connectivity index (χ0v) is 13.7. The number of carbonyl (C=O) groups excluding carboxylic acids is 1. The zero-order valence-electron chi connectivity index (χ0n) is 13.7. The number of nitrogens with one attached hydrogen (secondary N) is 1. The van der Waals surface area contributed by atoms with E-state index >= 15 is 0 Å². The van der Waals surface area contributed by atoms with Crippen molar-refractivity contribution in [2.45, 2.75) is 13.0 Å². The number of benzene rings is 2. The molecule has 0 fully saturated rings. The average Bonchev–Trinajstić information content (AvgIpc) is 3.12. The topological polar surface area (TPSA) is 77.3 Å². The average molecular weight is 341 g/mol. The van der Waals surface area contributed by atoms with Gasteiger partial charge in [-0.25, -0.2) is 4.39 Å². The molecule has 1 aromatic heterocycles. The van der Waals surface area contributed by atoms with E-state index in [1.54, 1.807) is 44.4 Å². The maximum atomic E-state index is 13.7. The summed E-state index contributed by atoms with van der Waals surface area (Å²) in [6.07, 6.45) is 0. The SMILES string of the molecule is COc1ccc(-c2noc([C@H](C)NC(=O)c3ccccc3F)n2)cc1. The summed E-state index contributed by atoms with van der Waals surface area (Å²) in [6, 6.07) is 12.4. The third kappa shape index (κ3) is 3.65. The number of rotatable bonds is 5. The molecule has 25 heavy (non-hydrogen) atoms. The molecular formula is C18H16FN3O3. The second-order valence-electron chi connectivity index (χ2n) is 5.36. The Bertz CT molecular complexity index is 877. The largest absolute Gasteiger partial charge is 0.497 e. The van der Waals surface area contributed by atoms with E-state index in [9.17, 15) is 9.18 Å². The molecule has 6 nitrogen and oxygen atoms in total. The van der Waals surface area contributed by atoms with Crippen molar-refractivity contribution in [1.82, 2.24) is 15.5 Å². The maximum Gasteiger partial charge on any atom is 0.254 e. The number of methoxy groups -OCH3 is 1. The highest BCUT2D eigenvalue weighted by molar-refractivity contribution is 5.94. The van der Waals surface area contributed by atoms with Crippen molar-refractivity contribution in [3.8, 4) is 17.1 Å². The Hall–Kier alpha value is -3.22. The van der Waals surface area contributed by atoms with Crippen LogP contribution in [-0.2, 0) is 0 Å². The summed E-state index contributed by atoms with van der Waals surface area (Å²) < 4.78 is 24.0. The summed E-state index contributed by atoms with van der Waals surface area (Å²) in [4.78, 5) is 16.4. The predicted molar refractivity (Wildman–Crippen MR) is 88.6 cm³/mol. The van der Waals surface area contributed by atoms with Crippen LogP contribution in [0, 0.1) is 5.82 Å². The lowest BCUT2D eigenvalue weighted by Crippen LogP contribution is -2.27. The van der Waals surface area contributed by atoms with Crippen molar-refractivity contribution in [2.24, 2.45) is 0 Å². The predicted octanol–water partition coefficient (Wildman–Crippen LogP) is 3.38. The lowest BCUT2D eigenvalue weighted by molar-refractivity contribution is 0.0928. The van der Waals surface area contributed by atoms with Gasteiger partial charge in [-0.3, -0.25) is 4.79 Å². The van der Waals surface area contributed by atoms with Gasteiger partial charge in [0.25, 0.3) is 5.91 Å². The van der Waals surface area contributed by atoms with Crippen LogP contribution in [0.1, 0.15) is 29.2 Å². The molecule has 1 atom stereocenters. The number of halogens is 1. The highest BCUT2D eigenvalue weighted by Crippen LogP contribution is 2.21. The third-order valence-corrected chi connectivity index (χ3v) is 3.63. The molecule has 0 saturated heterocycles. The van der Waals surface area contributed by atoms with Gasteiger partial charge in [0.2, 0.25) is 11.7 Å². The molecule has 0 saturated carbocycles. The van der Waals surface area contributed by atoms with Gasteiger partial charge in [-0.05, 0) is 43.3 Å². The fraction of sp³-hybridized carbons (Fsp3) is 0.167. The van der Waals surface area contributed by atoms with E-state index in [4.69, 9.17) is 9.26 Å². The van der Waals surface area contributed by atoms with Crippen molar-refractivity contribution in [2.75, 3.05) is 7.11 Å². The van der Waals surface area contributed by atoms with E-state index < -0.39 is 17.8 Å². The number of hydrogen-bond acceptors (Lipinski definition) is 5. The lowest BCUT2D eigenvalue weighted by Gasteiger charge is -2.10. The molecule has 0 aliphatic heterocycles. The Morgan fingerprint density at radius 2 is 1.92 bits per heavy atom. The zero-order chi connectivity index (χ0) is 17.8.